The van der Waals surface area contributed by atoms with Crippen LogP contribution in [0.25, 0.3) is 0 Å². The number of esters is 1. The number of hydrogen-bond donors (Lipinski definition) is 0. The summed E-state index contributed by atoms with van der Waals surface area (Å²) in [5.74, 6) is -0.395. The van der Waals surface area contributed by atoms with Gasteiger partial charge in [0, 0.05) is 38.4 Å². The maximum atomic E-state index is 11.2. The lowest BCUT2D eigenvalue weighted by atomic mass is 10.4. The fourth-order valence-corrected chi connectivity index (χ4v) is 3.28. The molecule has 20 heavy (non-hydrogen) atoms. The van der Waals surface area contributed by atoms with Gasteiger partial charge in [-0.15, -0.1) is 0 Å². The number of rotatable bonds is 12. The first kappa shape index (κ1) is 19.3. The van der Waals surface area contributed by atoms with Crippen LogP contribution in [0.1, 0.15) is 34.1 Å². The molecule has 0 saturated carbocycles. The maximum absolute atomic E-state index is 11.2. The first-order chi connectivity index (χ1) is 9.51. The summed E-state index contributed by atoms with van der Waals surface area (Å²) in [6, 6.07) is 0. The highest BCUT2D eigenvalue weighted by Gasteiger charge is 2.44. The van der Waals surface area contributed by atoms with Gasteiger partial charge in [0.25, 0.3) is 0 Å². The number of carbonyl (C=O) groups is 1. The molecule has 0 amide bonds. The minimum Gasteiger partial charge on any atom is -0.462 e. The fourth-order valence-electron chi connectivity index (χ4n) is 1.32. The summed E-state index contributed by atoms with van der Waals surface area (Å²) < 4.78 is 27.2. The van der Waals surface area contributed by atoms with E-state index in [0.29, 0.717) is 38.4 Å². The van der Waals surface area contributed by atoms with Crippen LogP contribution < -0.4 is 0 Å². The van der Waals surface area contributed by atoms with Gasteiger partial charge in [-0.2, -0.15) is 0 Å². The van der Waals surface area contributed by atoms with Crippen LogP contribution in [0.3, 0.4) is 0 Å². The monoisotopic (exact) mass is 306 g/mol. The molecule has 0 aromatic heterocycles. The van der Waals surface area contributed by atoms with Crippen molar-refractivity contribution in [1.29, 1.82) is 0 Å². The third-order valence-corrected chi connectivity index (χ3v) is 4.60. The van der Waals surface area contributed by atoms with Crippen molar-refractivity contribution in [3.05, 3.63) is 12.2 Å². The Balaban J connectivity index is 4.12. The lowest BCUT2D eigenvalue weighted by molar-refractivity contribution is -0.139. The quantitative estimate of drug-likeness (QED) is 0.238. The first-order valence-electron chi connectivity index (χ1n) is 6.89. The van der Waals surface area contributed by atoms with Gasteiger partial charge in [-0.25, -0.2) is 4.79 Å². The van der Waals surface area contributed by atoms with E-state index in [-0.39, 0.29) is 6.61 Å². The molecule has 0 fully saturated rings. The van der Waals surface area contributed by atoms with Gasteiger partial charge in [-0.05, 0) is 27.7 Å². The third kappa shape index (κ3) is 7.76. The van der Waals surface area contributed by atoms with Crippen LogP contribution >= 0.6 is 0 Å². The zero-order valence-corrected chi connectivity index (χ0v) is 13.9. The van der Waals surface area contributed by atoms with Crippen LogP contribution in [0, 0.1) is 0 Å². The molecule has 0 unspecified atom stereocenters. The van der Waals surface area contributed by atoms with Crippen molar-refractivity contribution in [1.82, 2.24) is 0 Å². The van der Waals surface area contributed by atoms with Crippen LogP contribution in [0.4, 0.5) is 0 Å². The Morgan fingerprint density at radius 1 is 0.950 bits per heavy atom. The highest BCUT2D eigenvalue weighted by atomic mass is 28.4. The second-order valence-corrected chi connectivity index (χ2v) is 6.07. The van der Waals surface area contributed by atoms with Crippen molar-refractivity contribution in [2.75, 3.05) is 33.0 Å². The van der Waals surface area contributed by atoms with Crippen molar-refractivity contribution < 1.29 is 27.2 Å². The minimum atomic E-state index is -3.05. The van der Waals surface area contributed by atoms with Crippen molar-refractivity contribution >= 4 is 15.0 Å². The van der Waals surface area contributed by atoms with Gasteiger partial charge in [-0.1, -0.05) is 6.58 Å². The molecule has 0 atom stereocenters. The lowest BCUT2D eigenvalue weighted by Crippen LogP contribution is -2.49. The summed E-state index contributed by atoms with van der Waals surface area (Å²) in [6.45, 7) is 12.7. The maximum Gasteiger partial charge on any atom is 0.679 e. The topological polar surface area (TPSA) is 63.2 Å². The molecule has 0 aromatic carbocycles. The molecule has 0 aromatic rings. The van der Waals surface area contributed by atoms with E-state index in [1.54, 1.807) is 6.92 Å². The molecule has 0 aliphatic rings. The molecule has 118 valence electrons. The van der Waals surface area contributed by atoms with Gasteiger partial charge < -0.3 is 22.4 Å². The van der Waals surface area contributed by atoms with E-state index >= 15 is 0 Å². The van der Waals surface area contributed by atoms with Crippen molar-refractivity contribution in [3.8, 4) is 0 Å². The Hall–Kier alpha value is -0.733. The molecular formula is C13H26O6Si. The predicted molar refractivity (Wildman–Crippen MR) is 77.0 cm³/mol. The largest absolute Gasteiger partial charge is 0.679 e. The van der Waals surface area contributed by atoms with E-state index in [1.165, 1.54) is 0 Å². The van der Waals surface area contributed by atoms with Crippen LogP contribution in [-0.2, 0) is 27.2 Å². The lowest BCUT2D eigenvalue weighted by Gasteiger charge is -2.26. The number of carbonyl (C=O) groups excluding carboxylic acids is 1. The second kappa shape index (κ2) is 11.0. The van der Waals surface area contributed by atoms with Gasteiger partial charge in [0.05, 0.1) is 6.61 Å². The predicted octanol–water partition coefficient (Wildman–Crippen LogP) is 2.06. The average molecular weight is 306 g/mol. The van der Waals surface area contributed by atoms with Gasteiger partial charge in [-0.3, -0.25) is 0 Å². The highest BCUT2D eigenvalue weighted by Crippen LogP contribution is 2.12. The second-order valence-electron chi connectivity index (χ2n) is 3.92. The average Bonchev–Trinajstić information content (AvgIpc) is 2.39. The molecule has 0 rings (SSSR count). The Labute approximate surface area is 122 Å². The Kier molecular flexibility index (Phi) is 10.6. The summed E-state index contributed by atoms with van der Waals surface area (Å²) in [4.78, 5) is 11.2. The van der Waals surface area contributed by atoms with Crippen LogP contribution in [-0.4, -0.2) is 48.1 Å². The summed E-state index contributed by atoms with van der Waals surface area (Å²) in [5.41, 5.74) is 0.382. The Morgan fingerprint density at radius 2 is 1.45 bits per heavy atom. The third-order valence-electron chi connectivity index (χ3n) is 2.11. The molecule has 6 nitrogen and oxygen atoms in total. The van der Waals surface area contributed by atoms with Crippen molar-refractivity contribution in [2.45, 2.75) is 34.1 Å². The normalized spacial score (nSPS) is 11.4. The molecule has 0 heterocycles. The number of hydrogen-bond acceptors (Lipinski definition) is 6. The van der Waals surface area contributed by atoms with Gasteiger partial charge in [0.2, 0.25) is 0 Å². The van der Waals surface area contributed by atoms with Gasteiger partial charge in [0.15, 0.2) is 0 Å². The molecule has 0 N–H and O–H groups in total. The Bertz CT molecular complexity index is 278. The van der Waals surface area contributed by atoms with Gasteiger partial charge >= 0.3 is 15.0 Å². The van der Waals surface area contributed by atoms with E-state index in [9.17, 15) is 4.79 Å². The summed E-state index contributed by atoms with van der Waals surface area (Å²) in [5, 5.41) is 0. The molecule has 0 spiro atoms. The van der Waals surface area contributed by atoms with Crippen molar-refractivity contribution in [2.24, 2.45) is 0 Å². The van der Waals surface area contributed by atoms with E-state index < -0.39 is 15.0 Å². The summed E-state index contributed by atoms with van der Waals surface area (Å²) in [7, 11) is -3.05. The van der Waals surface area contributed by atoms with Crippen LogP contribution in [0.5, 0.6) is 0 Å². The number of ether oxygens (including phenoxy) is 1. The molecule has 7 heteroatoms. The van der Waals surface area contributed by atoms with E-state index in [0.717, 1.165) is 0 Å². The summed E-state index contributed by atoms with van der Waals surface area (Å²) in [6.07, 6.45) is 0.543. The van der Waals surface area contributed by atoms with Gasteiger partial charge in [0.1, 0.15) is 0 Å². The molecule has 0 saturated heterocycles. The molecule has 0 aliphatic heterocycles. The Morgan fingerprint density at radius 3 is 1.85 bits per heavy atom. The molecular weight excluding hydrogens is 280 g/mol. The zero-order chi connectivity index (χ0) is 15.4. The molecule has 0 aliphatic carbocycles. The fraction of sp³-hybridized carbons (Fsp3) is 0.769. The van der Waals surface area contributed by atoms with E-state index in [2.05, 4.69) is 6.58 Å². The van der Waals surface area contributed by atoms with E-state index in [4.69, 9.17) is 22.4 Å². The zero-order valence-electron chi connectivity index (χ0n) is 12.9. The minimum absolute atomic E-state index is 0.264. The molecule has 0 radical (unpaired) electrons. The van der Waals surface area contributed by atoms with Crippen LogP contribution in [0.15, 0.2) is 12.2 Å². The molecule has 0 bridgehead atoms. The smallest absolute Gasteiger partial charge is 0.462 e. The first-order valence-corrected chi connectivity index (χ1v) is 8.53. The standard InChI is InChI=1S/C13H26O6Si/c1-6-16-20(17-7-2,18-8-3)19-11-9-10-15-13(14)12(4)5/h4,6-11H2,1-3,5H3. The highest BCUT2D eigenvalue weighted by molar-refractivity contribution is 6.53. The van der Waals surface area contributed by atoms with E-state index in [1.807, 2.05) is 20.8 Å². The van der Waals surface area contributed by atoms with Crippen molar-refractivity contribution in [3.63, 3.8) is 0 Å². The SMILES string of the molecule is C=C(C)C(=O)OCCCO[Si](OCC)(OCC)OCC. The summed E-state index contributed by atoms with van der Waals surface area (Å²) >= 11 is 0. The van der Waals surface area contributed by atoms with Crippen LogP contribution in [0.2, 0.25) is 0 Å².